The zero-order valence-corrected chi connectivity index (χ0v) is 8.86. The van der Waals surface area contributed by atoms with Crippen LogP contribution in [0.5, 0.6) is 0 Å². The van der Waals surface area contributed by atoms with Crippen molar-refractivity contribution in [1.82, 2.24) is 0 Å². The van der Waals surface area contributed by atoms with Crippen LogP contribution in [0.4, 0.5) is 0 Å². The third-order valence-electron chi connectivity index (χ3n) is 2.45. The van der Waals surface area contributed by atoms with Crippen LogP contribution in [0.3, 0.4) is 0 Å². The standard InChI is InChI=1S/C12H18O2/c1-3-12(13,10-14-2)9-11-7-5-4-6-8-11/h4-8,13H,3,9-10H2,1-2H3. The van der Waals surface area contributed by atoms with Crippen molar-refractivity contribution >= 4 is 0 Å². The molecule has 2 heteroatoms. The Kier molecular flexibility index (Phi) is 4.11. The Morgan fingerprint density at radius 2 is 1.93 bits per heavy atom. The molecule has 0 saturated carbocycles. The Bertz CT molecular complexity index is 258. The van der Waals surface area contributed by atoms with E-state index in [9.17, 15) is 5.11 Å². The summed E-state index contributed by atoms with van der Waals surface area (Å²) < 4.78 is 5.02. The van der Waals surface area contributed by atoms with E-state index in [0.717, 1.165) is 5.56 Å². The molecule has 1 aromatic rings. The van der Waals surface area contributed by atoms with Crippen molar-refractivity contribution in [2.75, 3.05) is 13.7 Å². The van der Waals surface area contributed by atoms with Crippen molar-refractivity contribution in [3.63, 3.8) is 0 Å². The fourth-order valence-electron chi connectivity index (χ4n) is 1.52. The van der Waals surface area contributed by atoms with Crippen LogP contribution in [0.2, 0.25) is 0 Å². The van der Waals surface area contributed by atoms with Crippen LogP contribution in [0.15, 0.2) is 30.3 Å². The SMILES string of the molecule is CCC(O)(COC)Cc1ccccc1. The van der Waals surface area contributed by atoms with Crippen LogP contribution in [0.25, 0.3) is 0 Å². The fraction of sp³-hybridized carbons (Fsp3) is 0.500. The molecule has 1 aromatic carbocycles. The summed E-state index contributed by atoms with van der Waals surface area (Å²) in [6.07, 6.45) is 1.36. The van der Waals surface area contributed by atoms with Gasteiger partial charge >= 0.3 is 0 Å². The number of hydrogen-bond acceptors (Lipinski definition) is 2. The highest BCUT2D eigenvalue weighted by molar-refractivity contribution is 5.17. The summed E-state index contributed by atoms with van der Waals surface area (Å²) >= 11 is 0. The molecule has 78 valence electrons. The molecule has 0 aliphatic heterocycles. The van der Waals surface area contributed by atoms with Crippen molar-refractivity contribution in [3.05, 3.63) is 35.9 Å². The summed E-state index contributed by atoms with van der Waals surface area (Å²) in [6, 6.07) is 9.99. The van der Waals surface area contributed by atoms with E-state index in [1.807, 2.05) is 37.3 Å². The first-order valence-corrected chi connectivity index (χ1v) is 4.95. The molecule has 0 aromatic heterocycles. The van der Waals surface area contributed by atoms with Crippen LogP contribution in [0.1, 0.15) is 18.9 Å². The lowest BCUT2D eigenvalue weighted by Crippen LogP contribution is -2.35. The summed E-state index contributed by atoms with van der Waals surface area (Å²) in [7, 11) is 1.62. The highest BCUT2D eigenvalue weighted by atomic mass is 16.5. The molecule has 1 unspecified atom stereocenters. The molecule has 0 spiro atoms. The van der Waals surface area contributed by atoms with E-state index < -0.39 is 5.60 Å². The van der Waals surface area contributed by atoms with E-state index in [1.165, 1.54) is 0 Å². The molecule has 0 aliphatic carbocycles. The van der Waals surface area contributed by atoms with Crippen molar-refractivity contribution < 1.29 is 9.84 Å². The smallest absolute Gasteiger partial charge is 0.0917 e. The molecule has 1 rings (SSSR count). The first kappa shape index (κ1) is 11.2. The number of aliphatic hydroxyl groups is 1. The Labute approximate surface area is 85.5 Å². The molecule has 0 fully saturated rings. The van der Waals surface area contributed by atoms with Crippen LogP contribution in [-0.2, 0) is 11.2 Å². The summed E-state index contributed by atoms with van der Waals surface area (Å²) in [5.41, 5.74) is 0.421. The van der Waals surface area contributed by atoms with Crippen molar-refractivity contribution in [2.45, 2.75) is 25.4 Å². The van der Waals surface area contributed by atoms with Gasteiger partial charge in [0.05, 0.1) is 12.2 Å². The minimum absolute atomic E-state index is 0.387. The Hall–Kier alpha value is -0.860. The Morgan fingerprint density at radius 3 is 2.43 bits per heavy atom. The normalized spacial score (nSPS) is 15.1. The molecule has 0 heterocycles. The highest BCUT2D eigenvalue weighted by Crippen LogP contribution is 2.17. The molecule has 1 N–H and O–H groups in total. The largest absolute Gasteiger partial charge is 0.387 e. The lowest BCUT2D eigenvalue weighted by molar-refractivity contribution is -0.0333. The summed E-state index contributed by atoms with van der Waals surface area (Å²) in [6.45, 7) is 2.36. The quantitative estimate of drug-likeness (QED) is 0.777. The van der Waals surface area contributed by atoms with E-state index in [1.54, 1.807) is 7.11 Å². The second kappa shape index (κ2) is 5.13. The molecule has 2 nitrogen and oxygen atoms in total. The Morgan fingerprint density at radius 1 is 1.29 bits per heavy atom. The monoisotopic (exact) mass is 194 g/mol. The molecule has 14 heavy (non-hydrogen) atoms. The first-order chi connectivity index (χ1) is 6.70. The number of hydrogen-bond donors (Lipinski definition) is 1. The lowest BCUT2D eigenvalue weighted by atomic mass is 9.93. The zero-order chi connectivity index (χ0) is 10.4. The first-order valence-electron chi connectivity index (χ1n) is 4.95. The van der Waals surface area contributed by atoms with Gasteiger partial charge in [0.15, 0.2) is 0 Å². The van der Waals surface area contributed by atoms with Gasteiger partial charge in [0, 0.05) is 13.5 Å². The summed E-state index contributed by atoms with van der Waals surface area (Å²) in [5.74, 6) is 0. The van der Waals surface area contributed by atoms with E-state index >= 15 is 0 Å². The van der Waals surface area contributed by atoms with Crippen LogP contribution < -0.4 is 0 Å². The van der Waals surface area contributed by atoms with Crippen LogP contribution in [-0.4, -0.2) is 24.4 Å². The van der Waals surface area contributed by atoms with Crippen molar-refractivity contribution in [2.24, 2.45) is 0 Å². The molecule has 0 amide bonds. The maximum atomic E-state index is 10.1. The predicted molar refractivity (Wildman–Crippen MR) is 57.3 cm³/mol. The second-order valence-electron chi connectivity index (χ2n) is 3.67. The maximum absolute atomic E-state index is 10.1. The van der Waals surface area contributed by atoms with E-state index in [4.69, 9.17) is 4.74 Å². The molecule has 0 saturated heterocycles. The van der Waals surface area contributed by atoms with Gasteiger partial charge in [0.2, 0.25) is 0 Å². The van der Waals surface area contributed by atoms with Crippen molar-refractivity contribution in [1.29, 1.82) is 0 Å². The summed E-state index contributed by atoms with van der Waals surface area (Å²) in [5, 5.41) is 10.1. The van der Waals surface area contributed by atoms with E-state index in [-0.39, 0.29) is 0 Å². The van der Waals surface area contributed by atoms with Gasteiger partial charge in [-0.05, 0) is 12.0 Å². The Balaban J connectivity index is 2.65. The molecule has 0 bridgehead atoms. The molecule has 0 radical (unpaired) electrons. The van der Waals surface area contributed by atoms with Gasteiger partial charge < -0.3 is 9.84 Å². The van der Waals surface area contributed by atoms with Gasteiger partial charge in [-0.2, -0.15) is 0 Å². The molecule has 1 atom stereocenters. The zero-order valence-electron chi connectivity index (χ0n) is 8.86. The van der Waals surface area contributed by atoms with Gasteiger partial charge in [0.1, 0.15) is 0 Å². The van der Waals surface area contributed by atoms with Gasteiger partial charge in [-0.15, -0.1) is 0 Å². The number of benzene rings is 1. The van der Waals surface area contributed by atoms with Crippen LogP contribution in [0, 0.1) is 0 Å². The molecular formula is C12H18O2. The van der Waals surface area contributed by atoms with E-state index in [0.29, 0.717) is 19.4 Å². The number of ether oxygens (including phenoxy) is 1. The average Bonchev–Trinajstić information content (AvgIpc) is 2.20. The number of rotatable bonds is 5. The van der Waals surface area contributed by atoms with Gasteiger partial charge in [0.25, 0.3) is 0 Å². The molecular weight excluding hydrogens is 176 g/mol. The number of methoxy groups -OCH3 is 1. The highest BCUT2D eigenvalue weighted by Gasteiger charge is 2.24. The third kappa shape index (κ3) is 3.13. The van der Waals surface area contributed by atoms with Crippen LogP contribution >= 0.6 is 0 Å². The second-order valence-corrected chi connectivity index (χ2v) is 3.67. The fourth-order valence-corrected chi connectivity index (χ4v) is 1.52. The average molecular weight is 194 g/mol. The lowest BCUT2D eigenvalue weighted by Gasteiger charge is -2.25. The van der Waals surface area contributed by atoms with Gasteiger partial charge in [-0.1, -0.05) is 37.3 Å². The minimum atomic E-state index is -0.726. The predicted octanol–water partition coefficient (Wildman–Crippen LogP) is 2.02. The summed E-state index contributed by atoms with van der Waals surface area (Å²) in [4.78, 5) is 0. The molecule has 0 aliphatic rings. The van der Waals surface area contributed by atoms with Crippen molar-refractivity contribution in [3.8, 4) is 0 Å². The minimum Gasteiger partial charge on any atom is -0.387 e. The van der Waals surface area contributed by atoms with Gasteiger partial charge in [-0.25, -0.2) is 0 Å². The topological polar surface area (TPSA) is 29.5 Å². The maximum Gasteiger partial charge on any atom is 0.0917 e. The van der Waals surface area contributed by atoms with Gasteiger partial charge in [-0.3, -0.25) is 0 Å². The third-order valence-corrected chi connectivity index (χ3v) is 2.45. The van der Waals surface area contributed by atoms with E-state index in [2.05, 4.69) is 0 Å².